The maximum atomic E-state index is 13.2. The molecule has 152 valence electrons. The Balaban J connectivity index is 1.66. The molecule has 1 N–H and O–H groups in total. The number of quaternary nitrogens is 1. The maximum Gasteiger partial charge on any atom is 0.416 e. The normalized spacial score (nSPS) is 19.5. The Kier molecular flexibility index (Phi) is 5.41. The van der Waals surface area contributed by atoms with Gasteiger partial charge in [0.15, 0.2) is 6.67 Å². The molecule has 0 spiro atoms. The predicted molar refractivity (Wildman–Crippen MR) is 106 cm³/mol. The molecule has 7 heteroatoms. The zero-order valence-electron chi connectivity index (χ0n) is 16.0. The van der Waals surface area contributed by atoms with Crippen molar-refractivity contribution in [1.82, 2.24) is 0 Å². The van der Waals surface area contributed by atoms with Crippen LogP contribution in [0.2, 0.25) is 0 Å². The quantitative estimate of drug-likeness (QED) is 0.837. The lowest BCUT2D eigenvalue weighted by atomic mass is 10.1. The summed E-state index contributed by atoms with van der Waals surface area (Å²) in [6.45, 7) is 2.59. The van der Waals surface area contributed by atoms with Crippen molar-refractivity contribution < 1.29 is 22.9 Å². The van der Waals surface area contributed by atoms with Crippen LogP contribution in [-0.2, 0) is 11.0 Å². The van der Waals surface area contributed by atoms with Crippen molar-refractivity contribution in [2.24, 2.45) is 4.99 Å². The number of nitrogens with zero attached hydrogens (tertiary/aromatic N) is 2. The number of carbonyl (C=O) groups excluding carboxylic acids is 1. The number of amides is 1. The van der Waals surface area contributed by atoms with E-state index in [0.717, 1.165) is 43.8 Å². The molecular weight excluding hydrogens is 379 g/mol. The summed E-state index contributed by atoms with van der Waals surface area (Å²) in [6, 6.07) is 12.1. The second-order valence-electron chi connectivity index (χ2n) is 7.58. The molecule has 1 saturated heterocycles. The molecule has 1 fully saturated rings. The van der Waals surface area contributed by atoms with Crippen molar-refractivity contribution in [1.29, 1.82) is 0 Å². The first kappa shape index (κ1) is 19.6. The van der Waals surface area contributed by atoms with Crippen LogP contribution in [0.4, 0.5) is 24.5 Å². The molecule has 0 aromatic heterocycles. The van der Waals surface area contributed by atoms with E-state index in [2.05, 4.69) is 4.99 Å². The fourth-order valence-electron chi connectivity index (χ4n) is 4.02. The molecule has 4 nitrogen and oxygen atoms in total. The molecule has 1 amide bonds. The highest BCUT2D eigenvalue weighted by Crippen LogP contribution is 2.33. The number of hydrogen-bond donors (Lipinski definition) is 1. The number of benzene rings is 2. The molecule has 2 aliphatic rings. The molecule has 0 radical (unpaired) electrons. The van der Waals surface area contributed by atoms with Gasteiger partial charge in [0, 0.05) is 5.56 Å². The summed E-state index contributed by atoms with van der Waals surface area (Å²) in [6.07, 6.45) is 0.275. The van der Waals surface area contributed by atoms with E-state index >= 15 is 0 Å². The number of aliphatic imine (C=N–C) groups is 1. The van der Waals surface area contributed by atoms with Gasteiger partial charge in [-0.1, -0.05) is 24.3 Å². The molecule has 0 aliphatic carbocycles. The smallest absolute Gasteiger partial charge is 0.317 e. The molecule has 0 bridgehead atoms. The highest BCUT2D eigenvalue weighted by atomic mass is 19.4. The number of likely N-dealkylation sites (tertiary alicyclic amines) is 1. The molecule has 2 heterocycles. The molecule has 0 saturated carbocycles. The Labute approximate surface area is 167 Å². The number of hydrogen-bond acceptors (Lipinski definition) is 2. The van der Waals surface area contributed by atoms with Gasteiger partial charge in [0.1, 0.15) is 5.71 Å². The summed E-state index contributed by atoms with van der Waals surface area (Å²) in [7, 11) is 0. The number of carbonyl (C=O) groups is 1. The fraction of sp³-hybridized carbons (Fsp3) is 0.364. The standard InChI is InChI=1S/C22H22F3N3O/c23-22(24,25)16-8-7-9-17(14-16)26-20-18-10-3-4-11-19(18)28(21(20)29)15-27-12-5-1-2-6-13-27/h3-4,7-11,14H,1-2,5-6,12-13,15H2/p+1. The van der Waals surface area contributed by atoms with Crippen LogP contribution in [0.5, 0.6) is 0 Å². The number of alkyl halides is 3. The van der Waals surface area contributed by atoms with Crippen LogP contribution in [0, 0.1) is 0 Å². The van der Waals surface area contributed by atoms with Crippen LogP contribution in [-0.4, -0.2) is 31.4 Å². The lowest BCUT2D eigenvalue weighted by Gasteiger charge is -2.24. The van der Waals surface area contributed by atoms with E-state index in [4.69, 9.17) is 0 Å². The van der Waals surface area contributed by atoms with Gasteiger partial charge in [-0.3, -0.25) is 9.69 Å². The van der Waals surface area contributed by atoms with Crippen LogP contribution >= 0.6 is 0 Å². The minimum Gasteiger partial charge on any atom is -0.317 e. The molecule has 4 rings (SSSR count). The number of para-hydroxylation sites is 1. The molecular formula is C22H23F3N3O+. The summed E-state index contributed by atoms with van der Waals surface area (Å²) in [5.41, 5.74) is 1.00. The lowest BCUT2D eigenvalue weighted by Crippen LogP contribution is -3.13. The van der Waals surface area contributed by atoms with Crippen LogP contribution in [0.25, 0.3) is 0 Å². The molecule has 2 aliphatic heterocycles. The van der Waals surface area contributed by atoms with Gasteiger partial charge in [-0.25, -0.2) is 4.99 Å². The van der Waals surface area contributed by atoms with Gasteiger partial charge in [-0.15, -0.1) is 0 Å². The number of nitrogens with one attached hydrogen (secondary N) is 1. The number of halogens is 3. The monoisotopic (exact) mass is 402 g/mol. The van der Waals surface area contributed by atoms with Gasteiger partial charge in [0.2, 0.25) is 0 Å². The van der Waals surface area contributed by atoms with Gasteiger partial charge in [0.25, 0.3) is 5.91 Å². The Morgan fingerprint density at radius 1 is 0.966 bits per heavy atom. The van der Waals surface area contributed by atoms with E-state index < -0.39 is 11.7 Å². The minimum atomic E-state index is -4.45. The van der Waals surface area contributed by atoms with Crippen molar-refractivity contribution >= 4 is 23.0 Å². The maximum absolute atomic E-state index is 13.2. The SMILES string of the molecule is O=C1C(=Nc2cccc(C(F)(F)F)c2)c2ccccc2N1C[NH+]1CCCCCC1. The zero-order chi connectivity index (χ0) is 20.4. The average Bonchev–Trinajstić information content (AvgIpc) is 2.86. The van der Waals surface area contributed by atoms with E-state index in [0.29, 0.717) is 12.2 Å². The summed E-state index contributed by atoms with van der Waals surface area (Å²) in [4.78, 5) is 20.6. The van der Waals surface area contributed by atoms with E-state index in [1.807, 2.05) is 18.2 Å². The zero-order valence-corrected chi connectivity index (χ0v) is 16.0. The van der Waals surface area contributed by atoms with Crippen molar-refractivity contribution in [3.8, 4) is 0 Å². The fourth-order valence-corrected chi connectivity index (χ4v) is 4.02. The third-order valence-electron chi connectivity index (χ3n) is 5.50. The predicted octanol–water partition coefficient (Wildman–Crippen LogP) is 3.59. The van der Waals surface area contributed by atoms with Crippen molar-refractivity contribution in [2.45, 2.75) is 31.9 Å². The van der Waals surface area contributed by atoms with Gasteiger partial charge in [-0.2, -0.15) is 13.2 Å². The largest absolute Gasteiger partial charge is 0.416 e. The minimum absolute atomic E-state index is 0.127. The Morgan fingerprint density at radius 3 is 2.41 bits per heavy atom. The van der Waals surface area contributed by atoms with Crippen molar-refractivity contribution in [3.05, 3.63) is 59.7 Å². The Hall–Kier alpha value is -2.67. The summed E-state index contributed by atoms with van der Waals surface area (Å²) in [5.74, 6) is -0.250. The summed E-state index contributed by atoms with van der Waals surface area (Å²) < 4.78 is 39.1. The number of anilines is 1. The van der Waals surface area contributed by atoms with Crippen molar-refractivity contribution in [2.75, 3.05) is 24.7 Å². The van der Waals surface area contributed by atoms with Crippen LogP contribution in [0.3, 0.4) is 0 Å². The van der Waals surface area contributed by atoms with Gasteiger partial charge in [0.05, 0.1) is 30.0 Å². The Bertz CT molecular complexity index is 931. The van der Waals surface area contributed by atoms with E-state index in [1.54, 1.807) is 11.0 Å². The first-order valence-electron chi connectivity index (χ1n) is 9.94. The highest BCUT2D eigenvalue weighted by Gasteiger charge is 2.36. The molecule has 29 heavy (non-hydrogen) atoms. The summed E-state index contributed by atoms with van der Waals surface area (Å²) in [5, 5.41) is 0. The molecule has 2 aromatic rings. The third kappa shape index (κ3) is 4.19. The first-order chi connectivity index (χ1) is 13.9. The number of fused-ring (bicyclic) bond motifs is 1. The first-order valence-corrected chi connectivity index (χ1v) is 9.94. The van der Waals surface area contributed by atoms with Gasteiger partial charge in [-0.05, 0) is 49.9 Å². The topological polar surface area (TPSA) is 37.1 Å². The van der Waals surface area contributed by atoms with Gasteiger partial charge < -0.3 is 4.90 Å². The van der Waals surface area contributed by atoms with Crippen LogP contribution < -0.4 is 9.80 Å². The highest BCUT2D eigenvalue weighted by molar-refractivity contribution is 6.54. The molecule has 0 unspecified atom stereocenters. The van der Waals surface area contributed by atoms with Crippen LogP contribution in [0.15, 0.2) is 53.5 Å². The van der Waals surface area contributed by atoms with E-state index in [9.17, 15) is 18.0 Å². The van der Waals surface area contributed by atoms with Gasteiger partial charge >= 0.3 is 6.18 Å². The van der Waals surface area contributed by atoms with Crippen LogP contribution in [0.1, 0.15) is 36.8 Å². The van der Waals surface area contributed by atoms with E-state index in [1.165, 1.54) is 29.9 Å². The summed E-state index contributed by atoms with van der Waals surface area (Å²) >= 11 is 0. The second kappa shape index (κ2) is 7.99. The average molecular weight is 402 g/mol. The molecule has 0 atom stereocenters. The second-order valence-corrected chi connectivity index (χ2v) is 7.58. The lowest BCUT2D eigenvalue weighted by molar-refractivity contribution is -0.897. The van der Waals surface area contributed by atoms with E-state index in [-0.39, 0.29) is 17.3 Å². The Morgan fingerprint density at radius 2 is 1.69 bits per heavy atom. The van der Waals surface area contributed by atoms with Crippen molar-refractivity contribution in [3.63, 3.8) is 0 Å². The number of rotatable bonds is 3. The molecule has 2 aromatic carbocycles. The third-order valence-corrected chi connectivity index (χ3v) is 5.50.